The molecule has 0 radical (unpaired) electrons. The second kappa shape index (κ2) is 5.52. The van der Waals surface area contributed by atoms with Crippen molar-refractivity contribution < 1.29 is 4.79 Å². The van der Waals surface area contributed by atoms with Gasteiger partial charge in [-0.15, -0.1) is 0 Å². The van der Waals surface area contributed by atoms with Crippen LogP contribution in [0.15, 0.2) is 36.5 Å². The van der Waals surface area contributed by atoms with Gasteiger partial charge in [-0.1, -0.05) is 30.3 Å². The number of nitrogens with zero attached hydrogens (tertiary/aromatic N) is 2. The number of amides is 1. The topological polar surface area (TPSA) is 46.9 Å². The van der Waals surface area contributed by atoms with Crippen molar-refractivity contribution in [2.45, 2.75) is 50.5 Å². The molecule has 0 spiro atoms. The van der Waals surface area contributed by atoms with Crippen molar-refractivity contribution in [2.24, 2.45) is 0 Å². The molecule has 2 aliphatic carbocycles. The Hall–Kier alpha value is -2.10. The molecule has 2 saturated carbocycles. The van der Waals surface area contributed by atoms with E-state index >= 15 is 0 Å². The molecule has 120 valence electrons. The van der Waals surface area contributed by atoms with Gasteiger partial charge in [0.15, 0.2) is 0 Å². The molecule has 1 aromatic heterocycles. The van der Waals surface area contributed by atoms with E-state index in [1.54, 1.807) is 0 Å². The summed E-state index contributed by atoms with van der Waals surface area (Å²) >= 11 is 0. The molecule has 4 nitrogen and oxygen atoms in total. The van der Waals surface area contributed by atoms with Gasteiger partial charge in [-0.3, -0.25) is 4.79 Å². The van der Waals surface area contributed by atoms with E-state index in [-0.39, 0.29) is 11.3 Å². The highest BCUT2D eigenvalue weighted by atomic mass is 16.2. The standard InChI is InChI=1S/C19H23N3O/c1-14-13-21-17(22(14)16-7-8-16)9-12-20-18(23)19(10-11-19)15-5-3-2-4-6-15/h2-6,13,16H,7-12H2,1H3,(H,20,23). The van der Waals surface area contributed by atoms with Gasteiger partial charge in [0.25, 0.3) is 0 Å². The molecule has 1 amide bonds. The summed E-state index contributed by atoms with van der Waals surface area (Å²) in [6, 6.07) is 10.8. The molecule has 4 heteroatoms. The molecule has 1 aromatic carbocycles. The number of benzene rings is 1. The molecule has 0 bridgehead atoms. The molecule has 2 aliphatic rings. The normalized spacial score (nSPS) is 18.7. The minimum Gasteiger partial charge on any atom is -0.355 e. The van der Waals surface area contributed by atoms with E-state index in [0.717, 1.165) is 30.7 Å². The molecule has 1 N–H and O–H groups in total. The first kappa shape index (κ1) is 14.5. The van der Waals surface area contributed by atoms with Crippen LogP contribution in [0, 0.1) is 6.92 Å². The van der Waals surface area contributed by atoms with E-state index in [1.165, 1.54) is 18.5 Å². The smallest absolute Gasteiger partial charge is 0.230 e. The summed E-state index contributed by atoms with van der Waals surface area (Å²) in [4.78, 5) is 17.1. The maximum absolute atomic E-state index is 12.6. The van der Waals surface area contributed by atoms with E-state index in [0.29, 0.717) is 12.6 Å². The maximum Gasteiger partial charge on any atom is 0.230 e. The third-order valence-electron chi connectivity index (χ3n) is 5.12. The van der Waals surface area contributed by atoms with Crippen LogP contribution in [0.5, 0.6) is 0 Å². The van der Waals surface area contributed by atoms with Crippen molar-refractivity contribution in [3.8, 4) is 0 Å². The molecule has 0 unspecified atom stereocenters. The fraction of sp³-hybridized carbons (Fsp3) is 0.474. The molecule has 2 fully saturated rings. The predicted octanol–water partition coefficient (Wildman–Crippen LogP) is 2.92. The molecule has 0 atom stereocenters. The third-order valence-corrected chi connectivity index (χ3v) is 5.12. The van der Waals surface area contributed by atoms with Crippen LogP contribution in [0.25, 0.3) is 0 Å². The number of hydrogen-bond donors (Lipinski definition) is 1. The summed E-state index contributed by atoms with van der Waals surface area (Å²) in [5.41, 5.74) is 2.10. The second-order valence-electron chi connectivity index (χ2n) is 6.87. The maximum atomic E-state index is 12.6. The van der Waals surface area contributed by atoms with E-state index in [2.05, 4.69) is 33.9 Å². The lowest BCUT2D eigenvalue weighted by molar-refractivity contribution is -0.123. The van der Waals surface area contributed by atoms with Crippen molar-refractivity contribution in [1.29, 1.82) is 0 Å². The number of rotatable bonds is 6. The zero-order chi connectivity index (χ0) is 15.9. The predicted molar refractivity (Wildman–Crippen MR) is 89.3 cm³/mol. The van der Waals surface area contributed by atoms with Crippen molar-refractivity contribution in [3.05, 3.63) is 53.6 Å². The highest BCUT2D eigenvalue weighted by molar-refractivity contribution is 5.91. The van der Waals surface area contributed by atoms with E-state index in [1.807, 2.05) is 24.4 Å². The Morgan fingerprint density at radius 3 is 2.70 bits per heavy atom. The number of aryl methyl sites for hydroxylation is 1. The quantitative estimate of drug-likeness (QED) is 0.892. The van der Waals surface area contributed by atoms with E-state index in [9.17, 15) is 4.79 Å². The van der Waals surface area contributed by atoms with Crippen molar-refractivity contribution in [1.82, 2.24) is 14.9 Å². The molecule has 0 saturated heterocycles. The van der Waals surface area contributed by atoms with Gasteiger partial charge >= 0.3 is 0 Å². The minimum absolute atomic E-state index is 0.171. The fourth-order valence-corrected chi connectivity index (χ4v) is 3.50. The molecule has 4 rings (SSSR count). The Morgan fingerprint density at radius 2 is 2.04 bits per heavy atom. The van der Waals surface area contributed by atoms with Gasteiger partial charge in [-0.25, -0.2) is 4.98 Å². The molecule has 2 aromatic rings. The number of hydrogen-bond acceptors (Lipinski definition) is 2. The van der Waals surface area contributed by atoms with Gasteiger partial charge in [0.1, 0.15) is 5.82 Å². The van der Waals surface area contributed by atoms with Gasteiger partial charge in [0.05, 0.1) is 5.41 Å². The van der Waals surface area contributed by atoms with Crippen LogP contribution in [0.1, 0.15) is 48.8 Å². The third kappa shape index (κ3) is 2.67. The van der Waals surface area contributed by atoms with Crippen molar-refractivity contribution in [3.63, 3.8) is 0 Å². The monoisotopic (exact) mass is 309 g/mol. The first-order valence-corrected chi connectivity index (χ1v) is 8.57. The first-order chi connectivity index (χ1) is 11.2. The lowest BCUT2D eigenvalue weighted by Gasteiger charge is -2.16. The highest BCUT2D eigenvalue weighted by Crippen LogP contribution is 2.48. The van der Waals surface area contributed by atoms with Crippen molar-refractivity contribution >= 4 is 5.91 Å². The van der Waals surface area contributed by atoms with Crippen LogP contribution in [0.2, 0.25) is 0 Å². The van der Waals surface area contributed by atoms with Gasteiger partial charge < -0.3 is 9.88 Å². The van der Waals surface area contributed by atoms with Gasteiger partial charge in [-0.05, 0) is 38.2 Å². The van der Waals surface area contributed by atoms with Gasteiger partial charge in [-0.2, -0.15) is 0 Å². The average Bonchev–Trinajstić information content (AvgIpc) is 3.48. The number of imidazole rings is 1. The lowest BCUT2D eigenvalue weighted by Crippen LogP contribution is -2.36. The van der Waals surface area contributed by atoms with E-state index < -0.39 is 0 Å². The molecule has 23 heavy (non-hydrogen) atoms. The van der Waals surface area contributed by atoms with Crippen molar-refractivity contribution in [2.75, 3.05) is 6.54 Å². The van der Waals surface area contributed by atoms with Crippen LogP contribution in [0.4, 0.5) is 0 Å². The van der Waals surface area contributed by atoms with Crippen LogP contribution in [-0.2, 0) is 16.6 Å². The molecule has 1 heterocycles. The van der Waals surface area contributed by atoms with Crippen LogP contribution in [0.3, 0.4) is 0 Å². The van der Waals surface area contributed by atoms with Crippen LogP contribution in [-0.4, -0.2) is 22.0 Å². The summed E-state index contributed by atoms with van der Waals surface area (Å²) in [7, 11) is 0. The Morgan fingerprint density at radius 1 is 1.30 bits per heavy atom. The minimum atomic E-state index is -0.275. The summed E-state index contributed by atoms with van der Waals surface area (Å²) in [6.07, 6.45) is 7.18. The number of carbonyl (C=O) groups excluding carboxylic acids is 1. The highest BCUT2D eigenvalue weighted by Gasteiger charge is 2.50. The number of carbonyl (C=O) groups is 1. The second-order valence-corrected chi connectivity index (χ2v) is 6.87. The Bertz CT molecular complexity index is 711. The van der Waals surface area contributed by atoms with E-state index in [4.69, 9.17) is 0 Å². The summed E-state index contributed by atoms with van der Waals surface area (Å²) in [6.45, 7) is 2.78. The lowest BCUT2D eigenvalue weighted by atomic mass is 9.95. The Kier molecular flexibility index (Phi) is 3.47. The SMILES string of the molecule is Cc1cnc(CCNC(=O)C2(c3ccccc3)CC2)n1C1CC1. The Labute approximate surface area is 136 Å². The molecular weight excluding hydrogens is 286 g/mol. The molecular formula is C19H23N3O. The summed E-state index contributed by atoms with van der Waals surface area (Å²) < 4.78 is 2.34. The zero-order valence-electron chi connectivity index (χ0n) is 13.6. The van der Waals surface area contributed by atoms with Crippen LogP contribution >= 0.6 is 0 Å². The van der Waals surface area contributed by atoms with Gasteiger partial charge in [0, 0.05) is 30.9 Å². The van der Waals surface area contributed by atoms with Gasteiger partial charge in [0.2, 0.25) is 5.91 Å². The number of nitrogens with one attached hydrogen (secondary N) is 1. The molecule has 0 aliphatic heterocycles. The zero-order valence-corrected chi connectivity index (χ0v) is 13.6. The largest absolute Gasteiger partial charge is 0.355 e. The summed E-state index contributed by atoms with van der Waals surface area (Å²) in [5.74, 6) is 1.28. The Balaban J connectivity index is 1.38. The number of aromatic nitrogens is 2. The average molecular weight is 309 g/mol. The summed E-state index contributed by atoms with van der Waals surface area (Å²) in [5, 5.41) is 3.14. The van der Waals surface area contributed by atoms with Crippen LogP contribution < -0.4 is 5.32 Å². The fourth-order valence-electron chi connectivity index (χ4n) is 3.50. The first-order valence-electron chi connectivity index (χ1n) is 8.57.